The second-order valence-electron chi connectivity index (χ2n) is 5.64. The van der Waals surface area contributed by atoms with Gasteiger partial charge in [0.2, 0.25) is 18.7 Å². The number of rotatable bonds is 9. The molecule has 0 radical (unpaired) electrons. The zero-order valence-electron chi connectivity index (χ0n) is 14.0. The quantitative estimate of drug-likeness (QED) is 0.708. The van der Waals surface area contributed by atoms with Crippen LogP contribution in [0.1, 0.15) is 45.1 Å². The Balaban J connectivity index is 3.01. The lowest BCUT2D eigenvalue weighted by Gasteiger charge is -2.28. The average Bonchev–Trinajstić information content (AvgIpc) is 2.53. The molecule has 1 aromatic rings. The first kappa shape index (κ1) is 18.7. The summed E-state index contributed by atoms with van der Waals surface area (Å²) in [7, 11) is 1.58. The van der Waals surface area contributed by atoms with Crippen molar-refractivity contribution in [2.45, 2.75) is 45.6 Å². The molecule has 1 N–H and O–H groups in total. The maximum atomic E-state index is 11.6. The van der Waals surface area contributed by atoms with Crippen LogP contribution in [0.15, 0.2) is 18.2 Å². The van der Waals surface area contributed by atoms with Gasteiger partial charge in [0.1, 0.15) is 5.75 Å². The number of carbonyl (C=O) groups is 3. The van der Waals surface area contributed by atoms with Gasteiger partial charge in [-0.15, -0.1) is 0 Å². The van der Waals surface area contributed by atoms with E-state index in [-0.39, 0.29) is 24.3 Å². The summed E-state index contributed by atoms with van der Waals surface area (Å²) in [6, 6.07) is 5.47. The van der Waals surface area contributed by atoms with E-state index in [4.69, 9.17) is 4.74 Å². The first-order valence-electron chi connectivity index (χ1n) is 7.59. The maximum Gasteiger partial charge on any atom is 0.226 e. The molecule has 6 heteroatoms. The molecule has 0 aliphatic heterocycles. The molecule has 0 saturated carbocycles. The number of ether oxygens (including phenoxy) is 1. The standard InChI is InChI=1S/C17H24N2O4/c1-12(2)14-6-5-7-15(17(14)23-4)19(11-21)13(3)8-9-16(22)18-10-20/h5-7,10-13H,8-9H2,1-4H3,(H,18,20,22). The van der Waals surface area contributed by atoms with Crippen LogP contribution in [0.5, 0.6) is 5.75 Å². The maximum absolute atomic E-state index is 11.6. The fourth-order valence-electron chi connectivity index (χ4n) is 2.44. The summed E-state index contributed by atoms with van der Waals surface area (Å²) in [5, 5.41) is 2.09. The van der Waals surface area contributed by atoms with Gasteiger partial charge in [0, 0.05) is 12.5 Å². The first-order chi connectivity index (χ1) is 11.0. The average molecular weight is 320 g/mol. The lowest BCUT2D eigenvalue weighted by atomic mass is 10.00. The second kappa shape index (κ2) is 8.92. The molecule has 1 rings (SSSR count). The fourth-order valence-corrected chi connectivity index (χ4v) is 2.44. The van der Waals surface area contributed by atoms with Gasteiger partial charge in [-0.3, -0.25) is 19.7 Å². The van der Waals surface area contributed by atoms with Crippen LogP contribution in [-0.2, 0) is 14.4 Å². The van der Waals surface area contributed by atoms with Gasteiger partial charge < -0.3 is 9.64 Å². The van der Waals surface area contributed by atoms with Crippen LogP contribution in [0.25, 0.3) is 0 Å². The third kappa shape index (κ3) is 4.81. The molecular weight excluding hydrogens is 296 g/mol. The topological polar surface area (TPSA) is 75.7 Å². The molecule has 1 atom stereocenters. The molecule has 0 aliphatic carbocycles. The van der Waals surface area contributed by atoms with Gasteiger partial charge in [-0.25, -0.2) is 0 Å². The van der Waals surface area contributed by atoms with Gasteiger partial charge in [0.05, 0.1) is 12.8 Å². The Bertz CT molecular complexity index is 558. The van der Waals surface area contributed by atoms with Crippen LogP contribution < -0.4 is 15.0 Å². The number of methoxy groups -OCH3 is 1. The molecule has 6 nitrogen and oxygen atoms in total. The van der Waals surface area contributed by atoms with Crippen molar-refractivity contribution in [2.75, 3.05) is 12.0 Å². The Morgan fingerprint density at radius 2 is 2.00 bits per heavy atom. The minimum Gasteiger partial charge on any atom is -0.494 e. The lowest BCUT2D eigenvalue weighted by molar-refractivity contribution is -0.125. The van der Waals surface area contributed by atoms with E-state index in [1.807, 2.05) is 25.1 Å². The summed E-state index contributed by atoms with van der Waals surface area (Å²) < 4.78 is 5.51. The predicted octanol–water partition coefficient (Wildman–Crippen LogP) is 2.22. The van der Waals surface area contributed by atoms with Gasteiger partial charge >= 0.3 is 0 Å². The molecule has 1 unspecified atom stereocenters. The highest BCUT2D eigenvalue weighted by atomic mass is 16.5. The molecule has 0 spiro atoms. The van der Waals surface area contributed by atoms with Crippen molar-refractivity contribution >= 4 is 24.4 Å². The normalized spacial score (nSPS) is 11.7. The SMILES string of the molecule is COc1c(C(C)C)cccc1N(C=O)C(C)CCC(=O)NC=O. The Morgan fingerprint density at radius 1 is 1.30 bits per heavy atom. The molecule has 0 heterocycles. The van der Waals surface area contributed by atoms with Crippen molar-refractivity contribution in [2.24, 2.45) is 0 Å². The van der Waals surface area contributed by atoms with E-state index in [2.05, 4.69) is 19.2 Å². The highest BCUT2D eigenvalue weighted by Crippen LogP contribution is 2.36. The van der Waals surface area contributed by atoms with Gasteiger partial charge in [0.25, 0.3) is 0 Å². The number of benzene rings is 1. The highest BCUT2D eigenvalue weighted by Gasteiger charge is 2.21. The van der Waals surface area contributed by atoms with Crippen LogP contribution in [0.4, 0.5) is 5.69 Å². The van der Waals surface area contributed by atoms with Crippen molar-refractivity contribution in [1.82, 2.24) is 5.32 Å². The first-order valence-corrected chi connectivity index (χ1v) is 7.59. The summed E-state index contributed by atoms with van der Waals surface area (Å²) in [5.41, 5.74) is 1.69. The largest absolute Gasteiger partial charge is 0.494 e. The zero-order valence-corrected chi connectivity index (χ0v) is 14.0. The summed E-state index contributed by atoms with van der Waals surface area (Å²) in [6.45, 7) is 5.96. The predicted molar refractivity (Wildman–Crippen MR) is 88.5 cm³/mol. The van der Waals surface area contributed by atoms with Crippen LogP contribution in [0.3, 0.4) is 0 Å². The van der Waals surface area contributed by atoms with E-state index in [1.165, 1.54) is 0 Å². The third-order valence-electron chi connectivity index (χ3n) is 3.73. The molecule has 1 aromatic carbocycles. The minimum absolute atomic E-state index is 0.163. The summed E-state index contributed by atoms with van der Waals surface area (Å²) in [5.74, 6) is 0.562. The summed E-state index contributed by atoms with van der Waals surface area (Å²) >= 11 is 0. The van der Waals surface area contributed by atoms with Crippen molar-refractivity contribution in [3.63, 3.8) is 0 Å². The summed E-state index contributed by atoms with van der Waals surface area (Å²) in [6.07, 6.45) is 1.70. The molecule has 3 amide bonds. The smallest absolute Gasteiger partial charge is 0.226 e. The Kier molecular flexibility index (Phi) is 7.25. The molecule has 0 aromatic heterocycles. The number of amides is 3. The van der Waals surface area contributed by atoms with E-state index in [0.717, 1.165) is 12.0 Å². The molecule has 126 valence electrons. The van der Waals surface area contributed by atoms with Gasteiger partial charge in [-0.1, -0.05) is 26.0 Å². The second-order valence-corrected chi connectivity index (χ2v) is 5.64. The number of hydrogen-bond acceptors (Lipinski definition) is 4. The monoisotopic (exact) mass is 320 g/mol. The van der Waals surface area contributed by atoms with Crippen LogP contribution in [0.2, 0.25) is 0 Å². The number of imide groups is 1. The molecule has 0 saturated heterocycles. The highest BCUT2D eigenvalue weighted by molar-refractivity contribution is 5.86. The van der Waals surface area contributed by atoms with Crippen molar-refractivity contribution < 1.29 is 19.1 Å². The van der Waals surface area contributed by atoms with E-state index in [9.17, 15) is 14.4 Å². The Labute approximate surface area is 136 Å². The van der Waals surface area contributed by atoms with E-state index in [1.54, 1.807) is 12.0 Å². The number of anilines is 1. The van der Waals surface area contributed by atoms with Gasteiger partial charge in [-0.2, -0.15) is 0 Å². The molecular formula is C17H24N2O4. The fraction of sp³-hybridized carbons (Fsp3) is 0.471. The number of nitrogens with zero attached hydrogens (tertiary/aromatic N) is 1. The minimum atomic E-state index is -0.361. The van der Waals surface area contributed by atoms with E-state index < -0.39 is 0 Å². The van der Waals surface area contributed by atoms with E-state index >= 15 is 0 Å². The van der Waals surface area contributed by atoms with Gasteiger partial charge in [-0.05, 0) is 30.9 Å². The van der Waals surface area contributed by atoms with Crippen molar-refractivity contribution in [3.8, 4) is 5.75 Å². The molecule has 0 aliphatic rings. The number of para-hydroxylation sites is 1. The molecule has 0 fully saturated rings. The van der Waals surface area contributed by atoms with Gasteiger partial charge in [0.15, 0.2) is 0 Å². The third-order valence-corrected chi connectivity index (χ3v) is 3.73. The number of carbonyl (C=O) groups excluding carboxylic acids is 3. The Morgan fingerprint density at radius 3 is 2.52 bits per heavy atom. The van der Waals surface area contributed by atoms with Crippen LogP contribution in [0, 0.1) is 0 Å². The number of nitrogens with one attached hydrogen (secondary N) is 1. The van der Waals surface area contributed by atoms with Crippen LogP contribution in [-0.4, -0.2) is 31.9 Å². The summed E-state index contributed by atoms with van der Waals surface area (Å²) in [4.78, 5) is 34.8. The Hall–Kier alpha value is -2.37. The molecule has 23 heavy (non-hydrogen) atoms. The molecule has 0 bridgehead atoms. The van der Waals surface area contributed by atoms with Crippen molar-refractivity contribution in [1.29, 1.82) is 0 Å². The van der Waals surface area contributed by atoms with Crippen molar-refractivity contribution in [3.05, 3.63) is 23.8 Å². The number of hydrogen-bond donors (Lipinski definition) is 1. The zero-order chi connectivity index (χ0) is 17.4. The van der Waals surface area contributed by atoms with Crippen LogP contribution >= 0.6 is 0 Å². The lowest BCUT2D eigenvalue weighted by Crippen LogP contribution is -2.33. The van der Waals surface area contributed by atoms with E-state index in [0.29, 0.717) is 24.3 Å².